The van der Waals surface area contributed by atoms with Crippen LogP contribution in [-0.4, -0.2) is 35.0 Å². The van der Waals surface area contributed by atoms with Crippen LogP contribution in [0.4, 0.5) is 0 Å². The highest BCUT2D eigenvalue weighted by atomic mass is 35.5. The third-order valence-corrected chi connectivity index (χ3v) is 3.18. The van der Waals surface area contributed by atoms with Gasteiger partial charge >= 0.3 is 5.97 Å². The lowest BCUT2D eigenvalue weighted by Gasteiger charge is -2.24. The summed E-state index contributed by atoms with van der Waals surface area (Å²) in [6, 6.07) is 4.65. The highest BCUT2D eigenvalue weighted by molar-refractivity contribution is 6.36. The van der Waals surface area contributed by atoms with E-state index in [1.54, 1.807) is 12.1 Å². The van der Waals surface area contributed by atoms with E-state index in [1.165, 1.54) is 11.0 Å². The predicted octanol–water partition coefficient (Wildman–Crippen LogP) is 3.57. The monoisotopic (exact) mass is 317 g/mol. The lowest BCUT2D eigenvalue weighted by atomic mass is 10.1. The molecule has 0 aliphatic heterocycles. The number of aliphatic carboxylic acids is 1. The SMILES string of the molecule is CC(C)CN(CCC(=O)O)C(=O)c1ccc(Cl)cc1Cl. The van der Waals surface area contributed by atoms with Crippen molar-refractivity contribution in [3.63, 3.8) is 0 Å². The fourth-order valence-electron chi connectivity index (χ4n) is 1.78. The number of nitrogens with zero attached hydrogens (tertiary/aromatic N) is 1. The van der Waals surface area contributed by atoms with Crippen molar-refractivity contribution in [3.05, 3.63) is 33.8 Å². The summed E-state index contributed by atoms with van der Waals surface area (Å²) >= 11 is 11.8. The van der Waals surface area contributed by atoms with Gasteiger partial charge in [-0.15, -0.1) is 0 Å². The van der Waals surface area contributed by atoms with E-state index in [1.807, 2.05) is 13.8 Å². The van der Waals surface area contributed by atoms with E-state index >= 15 is 0 Å². The first-order valence-corrected chi connectivity index (χ1v) is 7.03. The van der Waals surface area contributed by atoms with Crippen molar-refractivity contribution in [1.82, 2.24) is 4.90 Å². The van der Waals surface area contributed by atoms with Crippen molar-refractivity contribution in [2.24, 2.45) is 5.92 Å². The van der Waals surface area contributed by atoms with Gasteiger partial charge in [0.05, 0.1) is 17.0 Å². The number of rotatable bonds is 6. The predicted molar refractivity (Wildman–Crippen MR) is 79.5 cm³/mol. The normalized spacial score (nSPS) is 10.7. The largest absolute Gasteiger partial charge is 0.481 e. The number of halogens is 2. The maximum Gasteiger partial charge on any atom is 0.305 e. The third kappa shape index (κ3) is 5.02. The number of carboxylic acids is 1. The van der Waals surface area contributed by atoms with Gasteiger partial charge in [0, 0.05) is 18.1 Å². The van der Waals surface area contributed by atoms with E-state index in [9.17, 15) is 9.59 Å². The highest BCUT2D eigenvalue weighted by Gasteiger charge is 2.20. The lowest BCUT2D eigenvalue weighted by Crippen LogP contribution is -2.36. The van der Waals surface area contributed by atoms with Gasteiger partial charge < -0.3 is 10.0 Å². The van der Waals surface area contributed by atoms with Crippen LogP contribution >= 0.6 is 23.2 Å². The molecule has 0 spiro atoms. The van der Waals surface area contributed by atoms with Crippen LogP contribution in [0.25, 0.3) is 0 Å². The molecule has 4 nitrogen and oxygen atoms in total. The molecule has 0 fully saturated rings. The Labute approximate surface area is 128 Å². The molecule has 0 aromatic heterocycles. The second kappa shape index (κ2) is 7.50. The molecule has 0 heterocycles. The van der Waals surface area contributed by atoms with E-state index in [2.05, 4.69) is 0 Å². The zero-order chi connectivity index (χ0) is 15.3. The quantitative estimate of drug-likeness (QED) is 0.872. The Hall–Kier alpha value is -1.26. The van der Waals surface area contributed by atoms with Gasteiger partial charge in [0.25, 0.3) is 5.91 Å². The highest BCUT2D eigenvalue weighted by Crippen LogP contribution is 2.22. The van der Waals surface area contributed by atoms with Crippen molar-refractivity contribution in [1.29, 1.82) is 0 Å². The average Bonchev–Trinajstić information content (AvgIpc) is 2.33. The van der Waals surface area contributed by atoms with Crippen LogP contribution in [0, 0.1) is 5.92 Å². The summed E-state index contributed by atoms with van der Waals surface area (Å²) in [7, 11) is 0. The molecular weight excluding hydrogens is 301 g/mol. The minimum atomic E-state index is -0.936. The number of carboxylic acid groups (broad SMARTS) is 1. The number of hydrogen-bond acceptors (Lipinski definition) is 2. The van der Waals surface area contributed by atoms with Crippen LogP contribution in [-0.2, 0) is 4.79 Å². The molecule has 1 N–H and O–H groups in total. The molecule has 0 unspecified atom stereocenters. The summed E-state index contributed by atoms with van der Waals surface area (Å²) in [6.45, 7) is 4.56. The van der Waals surface area contributed by atoms with E-state index in [0.29, 0.717) is 17.1 Å². The molecule has 6 heteroatoms. The molecule has 0 saturated heterocycles. The van der Waals surface area contributed by atoms with Crippen LogP contribution < -0.4 is 0 Å². The molecule has 0 bridgehead atoms. The first-order chi connectivity index (χ1) is 9.31. The summed E-state index contributed by atoms with van der Waals surface area (Å²) in [5.74, 6) is -0.978. The van der Waals surface area contributed by atoms with Gasteiger partial charge in [-0.05, 0) is 24.1 Å². The van der Waals surface area contributed by atoms with Crippen molar-refractivity contribution in [2.45, 2.75) is 20.3 Å². The summed E-state index contributed by atoms with van der Waals surface area (Å²) in [4.78, 5) is 24.6. The number of hydrogen-bond donors (Lipinski definition) is 1. The van der Waals surface area contributed by atoms with Crippen molar-refractivity contribution in [2.75, 3.05) is 13.1 Å². The van der Waals surface area contributed by atoms with E-state index < -0.39 is 5.97 Å². The Morgan fingerprint density at radius 3 is 2.45 bits per heavy atom. The molecule has 1 aromatic rings. The molecule has 0 aliphatic carbocycles. The molecule has 0 aliphatic rings. The minimum absolute atomic E-state index is 0.0936. The van der Waals surface area contributed by atoms with Crippen LogP contribution in [0.2, 0.25) is 10.0 Å². The van der Waals surface area contributed by atoms with Gasteiger partial charge in [-0.25, -0.2) is 0 Å². The fraction of sp³-hybridized carbons (Fsp3) is 0.429. The molecule has 0 atom stereocenters. The Kier molecular flexibility index (Phi) is 6.30. The molecular formula is C14H17Cl2NO3. The molecule has 1 amide bonds. The Bertz CT molecular complexity index is 503. The fourth-order valence-corrected chi connectivity index (χ4v) is 2.27. The van der Waals surface area contributed by atoms with Crippen LogP contribution in [0.1, 0.15) is 30.6 Å². The Morgan fingerprint density at radius 2 is 1.95 bits per heavy atom. The van der Waals surface area contributed by atoms with Crippen molar-refractivity contribution < 1.29 is 14.7 Å². The smallest absolute Gasteiger partial charge is 0.305 e. The summed E-state index contributed by atoms with van der Waals surface area (Å²) in [5.41, 5.74) is 0.335. The number of amides is 1. The first kappa shape index (κ1) is 16.8. The lowest BCUT2D eigenvalue weighted by molar-refractivity contribution is -0.137. The Balaban J connectivity index is 2.93. The topological polar surface area (TPSA) is 57.6 Å². The minimum Gasteiger partial charge on any atom is -0.481 e. The summed E-state index contributed by atoms with van der Waals surface area (Å²) in [6.07, 6.45) is -0.0936. The van der Waals surface area contributed by atoms with Crippen LogP contribution in [0.15, 0.2) is 18.2 Å². The zero-order valence-electron chi connectivity index (χ0n) is 11.4. The molecule has 0 radical (unpaired) electrons. The molecule has 1 aromatic carbocycles. The molecule has 20 heavy (non-hydrogen) atoms. The van der Waals surface area contributed by atoms with E-state index in [0.717, 1.165) is 0 Å². The van der Waals surface area contributed by atoms with Gasteiger partial charge in [-0.1, -0.05) is 37.0 Å². The number of benzene rings is 1. The standard InChI is InChI=1S/C14H17Cl2NO3/c1-9(2)8-17(6-5-13(18)19)14(20)11-4-3-10(15)7-12(11)16/h3-4,7,9H,5-6,8H2,1-2H3,(H,18,19). The van der Waals surface area contributed by atoms with Crippen molar-refractivity contribution in [3.8, 4) is 0 Å². The molecule has 110 valence electrons. The van der Waals surface area contributed by atoms with Gasteiger partial charge in [0.1, 0.15) is 0 Å². The number of carbonyl (C=O) groups is 2. The second-order valence-electron chi connectivity index (χ2n) is 4.91. The van der Waals surface area contributed by atoms with Gasteiger partial charge in [-0.2, -0.15) is 0 Å². The van der Waals surface area contributed by atoms with Crippen LogP contribution in [0.5, 0.6) is 0 Å². The van der Waals surface area contributed by atoms with E-state index in [-0.39, 0.29) is 29.8 Å². The summed E-state index contributed by atoms with van der Waals surface area (Å²) < 4.78 is 0. The zero-order valence-corrected chi connectivity index (χ0v) is 12.9. The maximum absolute atomic E-state index is 12.4. The van der Waals surface area contributed by atoms with Crippen molar-refractivity contribution >= 4 is 35.1 Å². The number of carbonyl (C=O) groups excluding carboxylic acids is 1. The third-order valence-electron chi connectivity index (χ3n) is 2.63. The summed E-state index contributed by atoms with van der Waals surface area (Å²) in [5, 5.41) is 9.48. The average molecular weight is 318 g/mol. The first-order valence-electron chi connectivity index (χ1n) is 6.27. The van der Waals surface area contributed by atoms with Gasteiger partial charge in [0.2, 0.25) is 0 Å². The Morgan fingerprint density at radius 1 is 1.30 bits per heavy atom. The molecule has 1 rings (SSSR count). The molecule has 0 saturated carbocycles. The van der Waals surface area contributed by atoms with Gasteiger partial charge in [0.15, 0.2) is 0 Å². The second-order valence-corrected chi connectivity index (χ2v) is 5.76. The van der Waals surface area contributed by atoms with E-state index in [4.69, 9.17) is 28.3 Å². The van der Waals surface area contributed by atoms with Crippen LogP contribution in [0.3, 0.4) is 0 Å². The van der Waals surface area contributed by atoms with Gasteiger partial charge in [-0.3, -0.25) is 9.59 Å². The maximum atomic E-state index is 12.4.